The fourth-order valence-corrected chi connectivity index (χ4v) is 4.57. The lowest BCUT2D eigenvalue weighted by molar-refractivity contribution is 0.263. The molecule has 1 N–H and O–H groups in total. The van der Waals surface area contributed by atoms with Crippen LogP contribution in [0.3, 0.4) is 0 Å². The third-order valence-corrected chi connectivity index (χ3v) is 6.17. The summed E-state index contributed by atoms with van der Waals surface area (Å²) in [6.45, 7) is 0. The van der Waals surface area contributed by atoms with Crippen LogP contribution in [-0.4, -0.2) is 33.7 Å². The van der Waals surface area contributed by atoms with Gasteiger partial charge in [-0.15, -0.1) is 0 Å². The summed E-state index contributed by atoms with van der Waals surface area (Å²) in [6, 6.07) is 11.8. The molecule has 0 saturated heterocycles. The van der Waals surface area contributed by atoms with Gasteiger partial charge in [-0.3, -0.25) is 4.72 Å². The molecule has 0 spiro atoms. The van der Waals surface area contributed by atoms with E-state index in [4.69, 9.17) is 23.2 Å². The van der Waals surface area contributed by atoms with Crippen LogP contribution in [0.25, 0.3) is 0 Å². The molecule has 0 saturated carbocycles. The summed E-state index contributed by atoms with van der Waals surface area (Å²) in [6.07, 6.45) is 3.13. The highest BCUT2D eigenvalue weighted by atomic mass is 35.5. The molecule has 0 radical (unpaired) electrons. The predicted octanol–water partition coefficient (Wildman–Crippen LogP) is 4.89. The summed E-state index contributed by atoms with van der Waals surface area (Å²) < 4.78 is 25.8. The van der Waals surface area contributed by atoms with E-state index in [1.807, 2.05) is 50.5 Å². The van der Waals surface area contributed by atoms with Crippen LogP contribution in [-0.2, 0) is 10.0 Å². The maximum Gasteiger partial charge on any atom is 0.229 e. The number of benzene rings is 2. The summed E-state index contributed by atoms with van der Waals surface area (Å²) >= 11 is 12.3. The molecule has 0 heterocycles. The zero-order valence-electron chi connectivity index (χ0n) is 15.0. The highest BCUT2D eigenvalue weighted by Crippen LogP contribution is 2.44. The Balaban J connectivity index is 2.07. The first-order valence-corrected chi connectivity index (χ1v) is 11.0. The molecule has 4 nitrogen and oxygen atoms in total. The molecule has 3 rings (SSSR count). The minimum absolute atomic E-state index is 0.211. The van der Waals surface area contributed by atoms with Crippen molar-refractivity contribution in [2.24, 2.45) is 0 Å². The van der Waals surface area contributed by atoms with Gasteiger partial charge in [0.15, 0.2) is 0 Å². The van der Waals surface area contributed by atoms with Crippen molar-refractivity contribution >= 4 is 38.9 Å². The topological polar surface area (TPSA) is 49.4 Å². The lowest BCUT2D eigenvalue weighted by Gasteiger charge is -2.36. The Bertz CT molecular complexity index is 929. The number of hydrogen-bond donors (Lipinski definition) is 1. The van der Waals surface area contributed by atoms with E-state index >= 15 is 0 Å². The van der Waals surface area contributed by atoms with E-state index in [2.05, 4.69) is 9.62 Å². The van der Waals surface area contributed by atoms with Gasteiger partial charge in [0.1, 0.15) is 0 Å². The molecular weight excluding hydrogens is 391 g/mol. The van der Waals surface area contributed by atoms with Gasteiger partial charge in [-0.2, -0.15) is 0 Å². The lowest BCUT2D eigenvalue weighted by atomic mass is 9.76. The monoisotopic (exact) mass is 412 g/mol. The smallest absolute Gasteiger partial charge is 0.229 e. The second kappa shape index (κ2) is 7.39. The third-order valence-electron chi connectivity index (χ3n) is 4.82. The number of rotatable bonds is 4. The number of nitrogens with zero attached hydrogens (tertiary/aromatic N) is 1. The second-order valence-electron chi connectivity index (χ2n) is 7.00. The van der Waals surface area contributed by atoms with Gasteiger partial charge in [-0.05, 0) is 67.9 Å². The molecule has 2 atom stereocenters. The van der Waals surface area contributed by atoms with Crippen LogP contribution in [0.15, 0.2) is 36.4 Å². The van der Waals surface area contributed by atoms with Crippen LogP contribution in [0.4, 0.5) is 5.69 Å². The SMILES string of the molecule is CN(C)C1CCC(c2ccc(Cl)c(Cl)c2)c2ccc(NS(C)(=O)=O)cc21. The molecule has 0 amide bonds. The lowest BCUT2D eigenvalue weighted by Crippen LogP contribution is -2.26. The number of sulfonamides is 1. The van der Waals surface area contributed by atoms with E-state index in [0.29, 0.717) is 15.7 Å². The van der Waals surface area contributed by atoms with Gasteiger partial charge in [0.05, 0.1) is 16.3 Å². The Hall–Kier alpha value is -1.27. The van der Waals surface area contributed by atoms with Crippen LogP contribution in [0.1, 0.15) is 41.5 Å². The van der Waals surface area contributed by atoms with E-state index in [1.165, 1.54) is 5.56 Å². The Kier molecular flexibility index (Phi) is 5.54. The van der Waals surface area contributed by atoms with Crippen molar-refractivity contribution in [2.45, 2.75) is 24.8 Å². The Morgan fingerprint density at radius 1 is 1.00 bits per heavy atom. The van der Waals surface area contributed by atoms with Gasteiger partial charge in [-0.1, -0.05) is 35.3 Å². The van der Waals surface area contributed by atoms with Crippen molar-refractivity contribution in [1.82, 2.24) is 4.90 Å². The normalized spacial score (nSPS) is 20.1. The second-order valence-corrected chi connectivity index (χ2v) is 9.56. The zero-order valence-corrected chi connectivity index (χ0v) is 17.3. The largest absolute Gasteiger partial charge is 0.302 e. The van der Waals surface area contributed by atoms with E-state index in [0.717, 1.165) is 30.2 Å². The zero-order chi connectivity index (χ0) is 19.1. The van der Waals surface area contributed by atoms with Gasteiger partial charge >= 0.3 is 0 Å². The summed E-state index contributed by atoms with van der Waals surface area (Å²) in [5, 5.41) is 1.10. The van der Waals surface area contributed by atoms with E-state index in [-0.39, 0.29) is 12.0 Å². The molecule has 2 unspecified atom stereocenters. The molecule has 140 valence electrons. The molecule has 2 aromatic rings. The quantitative estimate of drug-likeness (QED) is 0.776. The summed E-state index contributed by atoms with van der Waals surface area (Å²) in [4.78, 5) is 2.17. The molecule has 7 heteroatoms. The summed E-state index contributed by atoms with van der Waals surface area (Å²) in [5.74, 6) is 0.211. The van der Waals surface area contributed by atoms with E-state index in [9.17, 15) is 8.42 Å². The average molecular weight is 413 g/mol. The summed E-state index contributed by atoms with van der Waals surface area (Å²) in [7, 11) is 0.779. The van der Waals surface area contributed by atoms with E-state index < -0.39 is 10.0 Å². The number of hydrogen-bond acceptors (Lipinski definition) is 3. The fourth-order valence-electron chi connectivity index (χ4n) is 3.71. The number of nitrogens with one attached hydrogen (secondary N) is 1. The van der Waals surface area contributed by atoms with Gasteiger partial charge in [0.25, 0.3) is 0 Å². The number of halogens is 2. The van der Waals surface area contributed by atoms with Crippen molar-refractivity contribution in [3.05, 3.63) is 63.1 Å². The molecule has 0 bridgehead atoms. The van der Waals surface area contributed by atoms with Crippen LogP contribution in [0.5, 0.6) is 0 Å². The maximum absolute atomic E-state index is 11.6. The van der Waals surface area contributed by atoms with E-state index in [1.54, 1.807) is 0 Å². The van der Waals surface area contributed by atoms with Crippen molar-refractivity contribution in [2.75, 3.05) is 25.1 Å². The maximum atomic E-state index is 11.6. The molecule has 26 heavy (non-hydrogen) atoms. The molecule has 0 fully saturated rings. The summed E-state index contributed by atoms with van der Waals surface area (Å²) in [5.41, 5.74) is 4.06. The number of anilines is 1. The average Bonchev–Trinajstić information content (AvgIpc) is 2.54. The highest BCUT2D eigenvalue weighted by Gasteiger charge is 2.30. The molecule has 0 aliphatic heterocycles. The van der Waals surface area contributed by atoms with Gasteiger partial charge < -0.3 is 4.90 Å². The van der Waals surface area contributed by atoms with Gasteiger partial charge in [0, 0.05) is 17.6 Å². The number of fused-ring (bicyclic) bond motifs is 1. The van der Waals surface area contributed by atoms with Crippen LogP contribution < -0.4 is 4.72 Å². The van der Waals surface area contributed by atoms with Crippen LogP contribution in [0, 0.1) is 0 Å². The Morgan fingerprint density at radius 2 is 1.73 bits per heavy atom. The first-order valence-electron chi connectivity index (χ1n) is 8.38. The first-order chi connectivity index (χ1) is 12.2. The fraction of sp³-hybridized carbons (Fsp3) is 0.368. The predicted molar refractivity (Wildman–Crippen MR) is 109 cm³/mol. The van der Waals surface area contributed by atoms with Gasteiger partial charge in [0.2, 0.25) is 10.0 Å². The minimum atomic E-state index is -3.31. The minimum Gasteiger partial charge on any atom is -0.302 e. The van der Waals surface area contributed by atoms with Gasteiger partial charge in [-0.25, -0.2) is 8.42 Å². The van der Waals surface area contributed by atoms with Crippen molar-refractivity contribution in [3.63, 3.8) is 0 Å². The van der Waals surface area contributed by atoms with Crippen LogP contribution in [0.2, 0.25) is 10.0 Å². The first kappa shape index (κ1) is 19.5. The van der Waals surface area contributed by atoms with Crippen molar-refractivity contribution in [3.8, 4) is 0 Å². The highest BCUT2D eigenvalue weighted by molar-refractivity contribution is 7.92. The Morgan fingerprint density at radius 3 is 2.35 bits per heavy atom. The molecule has 1 aliphatic carbocycles. The Labute approximate surface area is 165 Å². The third kappa shape index (κ3) is 4.17. The van der Waals surface area contributed by atoms with Crippen molar-refractivity contribution in [1.29, 1.82) is 0 Å². The molecule has 0 aromatic heterocycles. The van der Waals surface area contributed by atoms with Crippen LogP contribution >= 0.6 is 23.2 Å². The molecule has 1 aliphatic rings. The standard InChI is InChI=1S/C19H22Cl2N2O2S/c1-23(2)19-9-7-14(12-4-8-17(20)18(21)10-12)15-6-5-13(11-16(15)19)22-26(3,24)25/h4-6,8,10-11,14,19,22H,7,9H2,1-3H3. The van der Waals surface area contributed by atoms with Crippen molar-refractivity contribution < 1.29 is 8.42 Å². The molecular formula is C19H22Cl2N2O2S. The molecule has 2 aromatic carbocycles.